The van der Waals surface area contributed by atoms with Gasteiger partial charge in [0.2, 0.25) is 29.0 Å². The molecule has 14 aromatic rings. The molecule has 2 N–H and O–H groups in total. The lowest BCUT2D eigenvalue weighted by Crippen LogP contribution is -2.22. The Balaban J connectivity index is 0.000000156. The molecule has 0 radical (unpaired) electrons. The van der Waals surface area contributed by atoms with E-state index < -0.39 is 54.1 Å². The SMILES string of the molecule is Brc1ccc2cc[nH]c2c1.CC(=O)c1ccc2ccn(Cc3ccc(F)cc3)c2c1.COCC(=O)C(=O)CC(=O)c1ccc2ccn(Cc3ccc(F)cc3)c2c1.CON(C)C(C)=O.Fc1ccc(Cn2ccc3ccc(Br)cc32)cc1.O=C(CO)C(=O)CC(=O)c1ccc2ccn(Cc3ccc(F)cc3)c2c1. The van der Waals surface area contributed by atoms with Crippen LogP contribution in [0.2, 0.25) is 0 Å². The Kier molecular flexibility index (Phi) is 28.8. The van der Waals surface area contributed by atoms with E-state index in [4.69, 9.17) is 5.11 Å². The summed E-state index contributed by atoms with van der Waals surface area (Å²) >= 11 is 6.88. The van der Waals surface area contributed by atoms with Crippen molar-refractivity contribution in [3.63, 3.8) is 0 Å². The molecular weight excluding hydrogens is 1520 g/mol. The van der Waals surface area contributed by atoms with Gasteiger partial charge in [0.15, 0.2) is 17.3 Å². The topological polar surface area (TPSA) is 214 Å². The molecule has 0 saturated carbocycles. The summed E-state index contributed by atoms with van der Waals surface area (Å²) in [7, 11) is 4.32. The third-order valence-electron chi connectivity index (χ3n) is 17.1. The zero-order chi connectivity index (χ0) is 77.6. The summed E-state index contributed by atoms with van der Waals surface area (Å²) in [4.78, 5) is 99.9. The fourth-order valence-electron chi connectivity index (χ4n) is 11.1. The van der Waals surface area contributed by atoms with Crippen LogP contribution in [0.4, 0.5) is 17.6 Å². The summed E-state index contributed by atoms with van der Waals surface area (Å²) in [5.74, 6) is -5.31. The number of ketones is 7. The van der Waals surface area contributed by atoms with Gasteiger partial charge < -0.3 is 33.1 Å². The molecule has 0 aliphatic heterocycles. The lowest BCUT2D eigenvalue weighted by atomic mass is 10.0. The standard InChI is InChI=1S/C21H18FNO4.C20H16FNO4.C17H14FNO.C15H11BrFN.C8H6BrN.C4H9NO2/c1-27-13-21(26)20(25)11-19(24)16-5-4-15-8-9-23(18(15)10-16)12-14-2-6-17(22)7-3-14;21-16-5-1-13(2-6-16)11-22-8-7-14-3-4-15(9-17(14)22)18(24)10-19(25)20(26)12-23;1-12(20)15-5-4-14-8-9-19(17(14)10-15)11-13-2-6-16(18)7-3-13;16-13-4-3-12-7-8-18(15(12)9-13)10-11-1-5-14(17)6-2-11;9-7-2-1-6-3-4-10-8(6)5-7;1-4(6)5(2)7-3/h2-10H,11-13H2,1H3;1-9,23H,10-12H2;2-10H,11H2,1H3;1-9H,10H2;1-5,10H;1-3H3. The number of aliphatic hydroxyl groups is 1. The Morgan fingerprint density at radius 2 is 0.741 bits per heavy atom. The van der Waals surface area contributed by atoms with Crippen LogP contribution in [0.3, 0.4) is 0 Å². The van der Waals surface area contributed by atoms with Gasteiger partial charge in [0.25, 0.3) is 0 Å². The number of H-pyrrole nitrogens is 1. The number of hydrogen-bond acceptors (Lipinski definition) is 11. The molecule has 0 unspecified atom stereocenters. The molecule has 0 atom stereocenters. The number of Topliss-reactive ketones (excluding diaryl/α,β-unsaturated/α-hetero) is 7. The third kappa shape index (κ3) is 22.7. The van der Waals surface area contributed by atoms with E-state index in [1.54, 1.807) is 86.8 Å². The number of carbonyl (C=O) groups is 8. The van der Waals surface area contributed by atoms with Crippen LogP contribution < -0.4 is 0 Å². The van der Waals surface area contributed by atoms with Crippen LogP contribution in [0.5, 0.6) is 0 Å². The highest BCUT2D eigenvalue weighted by Crippen LogP contribution is 2.26. The largest absolute Gasteiger partial charge is 0.388 e. The molecule has 0 saturated heterocycles. The maximum absolute atomic E-state index is 13.1. The van der Waals surface area contributed by atoms with Crippen molar-refractivity contribution in [1.29, 1.82) is 0 Å². The van der Waals surface area contributed by atoms with E-state index in [0.29, 0.717) is 36.3 Å². The highest BCUT2D eigenvalue weighted by molar-refractivity contribution is 9.10. The number of rotatable bonds is 21. The molecular formula is C85H74Br2F4N6O11. The van der Waals surface area contributed by atoms with Crippen molar-refractivity contribution in [2.45, 2.75) is 52.9 Å². The second kappa shape index (κ2) is 38.6. The van der Waals surface area contributed by atoms with Gasteiger partial charge in [-0.05, 0) is 177 Å². The molecule has 108 heavy (non-hydrogen) atoms. The Labute approximate surface area is 635 Å². The molecule has 0 bridgehead atoms. The van der Waals surface area contributed by atoms with E-state index >= 15 is 0 Å². The van der Waals surface area contributed by atoms with Gasteiger partial charge in [0, 0.05) is 131 Å². The minimum Gasteiger partial charge on any atom is -0.388 e. The van der Waals surface area contributed by atoms with Crippen molar-refractivity contribution < 1.29 is 70.6 Å². The van der Waals surface area contributed by atoms with Gasteiger partial charge in [0.1, 0.15) is 36.5 Å². The van der Waals surface area contributed by atoms with Gasteiger partial charge in [0.05, 0.1) is 20.0 Å². The van der Waals surface area contributed by atoms with E-state index in [0.717, 1.165) is 75.5 Å². The third-order valence-corrected chi connectivity index (χ3v) is 18.1. The predicted molar refractivity (Wildman–Crippen MR) is 416 cm³/mol. The summed E-state index contributed by atoms with van der Waals surface area (Å²) in [6, 6.07) is 63.7. The second-order valence-electron chi connectivity index (χ2n) is 24.8. The lowest BCUT2D eigenvalue weighted by Gasteiger charge is -2.08. The van der Waals surface area contributed by atoms with Crippen LogP contribution in [-0.4, -0.2) is 114 Å². The molecule has 23 heteroatoms. The van der Waals surface area contributed by atoms with Crippen LogP contribution in [0.25, 0.3) is 54.5 Å². The average molecular weight is 1590 g/mol. The van der Waals surface area contributed by atoms with Crippen molar-refractivity contribution in [2.24, 2.45) is 0 Å². The molecule has 17 nitrogen and oxygen atoms in total. The van der Waals surface area contributed by atoms with Crippen LogP contribution in [0.15, 0.2) is 258 Å². The molecule has 0 aliphatic carbocycles. The van der Waals surface area contributed by atoms with E-state index in [-0.39, 0.29) is 41.6 Å². The minimum atomic E-state index is -0.973. The first-order valence-corrected chi connectivity index (χ1v) is 35.2. The molecule has 0 spiro atoms. The molecule has 552 valence electrons. The number of halogens is 6. The first-order valence-electron chi connectivity index (χ1n) is 33.6. The smallest absolute Gasteiger partial charge is 0.242 e. The summed E-state index contributed by atoms with van der Waals surface area (Å²) in [6.07, 6.45) is 8.68. The zero-order valence-corrected chi connectivity index (χ0v) is 62.5. The molecule has 5 heterocycles. The summed E-state index contributed by atoms with van der Waals surface area (Å²) in [5, 5.41) is 15.3. The normalized spacial score (nSPS) is 10.7. The van der Waals surface area contributed by atoms with E-state index in [2.05, 4.69) is 98.1 Å². The van der Waals surface area contributed by atoms with Crippen molar-refractivity contribution in [1.82, 2.24) is 28.3 Å². The van der Waals surface area contributed by atoms with E-state index in [1.807, 2.05) is 94.6 Å². The van der Waals surface area contributed by atoms with Gasteiger partial charge in [-0.25, -0.2) is 22.6 Å². The number of benzene rings is 9. The number of fused-ring (bicyclic) bond motifs is 5. The number of ether oxygens (including phenoxy) is 1. The first kappa shape index (κ1) is 80.5. The maximum Gasteiger partial charge on any atom is 0.242 e. The highest BCUT2D eigenvalue weighted by atomic mass is 79.9. The van der Waals surface area contributed by atoms with Crippen LogP contribution >= 0.6 is 31.9 Å². The fraction of sp³-hybridized carbons (Fsp3) is 0.153. The quantitative estimate of drug-likeness (QED) is 0.0227. The number of aromatic nitrogens is 5. The predicted octanol–water partition coefficient (Wildman–Crippen LogP) is 17.3. The molecule has 9 aromatic carbocycles. The molecule has 5 aromatic heterocycles. The molecule has 0 fully saturated rings. The van der Waals surface area contributed by atoms with Gasteiger partial charge in [-0.1, -0.05) is 129 Å². The first-order chi connectivity index (χ1) is 51.8. The number of nitrogens with zero attached hydrogens (tertiary/aromatic N) is 5. The average Bonchev–Trinajstić information content (AvgIpc) is 1.65. The molecule has 0 aliphatic rings. The van der Waals surface area contributed by atoms with Crippen molar-refractivity contribution in [3.05, 3.63) is 321 Å². The maximum atomic E-state index is 13.1. The Hall–Kier alpha value is -11.6. The van der Waals surface area contributed by atoms with Crippen LogP contribution in [-0.2, 0) is 59.7 Å². The Morgan fingerprint density at radius 1 is 0.407 bits per heavy atom. The number of aromatic amines is 1. The monoisotopic (exact) mass is 1590 g/mol. The molecule has 14 rings (SSSR count). The van der Waals surface area contributed by atoms with Crippen molar-refractivity contribution in [3.8, 4) is 0 Å². The number of carbonyl (C=O) groups excluding carboxylic acids is 8. The van der Waals surface area contributed by atoms with Gasteiger partial charge in [-0.2, -0.15) is 0 Å². The molecule has 1 amide bonds. The Morgan fingerprint density at radius 3 is 1.08 bits per heavy atom. The van der Waals surface area contributed by atoms with Crippen LogP contribution in [0, 0.1) is 23.3 Å². The second-order valence-corrected chi connectivity index (χ2v) is 26.6. The summed E-state index contributed by atoms with van der Waals surface area (Å²) < 4.78 is 66.8. The number of hydroxylamine groups is 2. The summed E-state index contributed by atoms with van der Waals surface area (Å²) in [5.41, 5.74) is 10.3. The minimum absolute atomic E-state index is 0.0569. The highest BCUT2D eigenvalue weighted by Gasteiger charge is 2.21. The summed E-state index contributed by atoms with van der Waals surface area (Å²) in [6.45, 7) is 4.21. The lowest BCUT2D eigenvalue weighted by molar-refractivity contribution is -0.165. The number of hydrogen-bond donors (Lipinski definition) is 2. The van der Waals surface area contributed by atoms with Crippen molar-refractivity contribution >= 4 is 133 Å². The number of methoxy groups -OCH3 is 1. The van der Waals surface area contributed by atoms with E-state index in [1.165, 1.54) is 91.5 Å². The van der Waals surface area contributed by atoms with Gasteiger partial charge in [-0.15, -0.1) is 0 Å². The van der Waals surface area contributed by atoms with E-state index in [9.17, 15) is 55.9 Å². The Bertz CT molecular complexity index is 5510. The number of nitrogens with one attached hydrogen (secondary N) is 1. The number of aliphatic hydroxyl groups excluding tert-OH is 1. The zero-order valence-electron chi connectivity index (χ0n) is 59.4. The van der Waals surface area contributed by atoms with Gasteiger partial charge >= 0.3 is 0 Å². The fourth-order valence-corrected chi connectivity index (χ4v) is 11.8. The van der Waals surface area contributed by atoms with Crippen LogP contribution in [0.1, 0.15) is 80.0 Å². The number of amides is 1. The van der Waals surface area contributed by atoms with Gasteiger partial charge in [-0.3, -0.25) is 43.2 Å². The van der Waals surface area contributed by atoms with Crippen molar-refractivity contribution in [2.75, 3.05) is 34.5 Å².